The van der Waals surface area contributed by atoms with Crippen LogP contribution in [0, 0.1) is 5.92 Å². The molecule has 0 aliphatic rings. The Balaban J connectivity index is 3.09. The van der Waals surface area contributed by atoms with E-state index in [9.17, 15) is 14.4 Å². The van der Waals surface area contributed by atoms with Crippen molar-refractivity contribution >= 4 is 24.6 Å². The maximum atomic E-state index is 13.0. The number of methoxy groups -OCH3 is 2. The number of para-hydroxylation sites is 1. The number of esters is 2. The highest BCUT2D eigenvalue weighted by molar-refractivity contribution is 5.97. The Labute approximate surface area is 218 Å². The molecule has 0 unspecified atom stereocenters. The quantitative estimate of drug-likeness (QED) is 0.0984. The Kier molecular flexibility index (Phi) is 12.9. The fourth-order valence-corrected chi connectivity index (χ4v) is 3.79. The van der Waals surface area contributed by atoms with Crippen molar-refractivity contribution in [2.24, 2.45) is 10.9 Å². The van der Waals surface area contributed by atoms with Crippen LogP contribution in [0.4, 0.5) is 0 Å². The van der Waals surface area contributed by atoms with Crippen LogP contribution in [0.25, 0.3) is 0 Å². The van der Waals surface area contributed by atoms with Gasteiger partial charge in [0.2, 0.25) is 6.79 Å². The standard InChI is InChI=1S/C27H38N2O8/c1-10-21(33-8)25(36-15-35-19(6)30)24(28-7)26(31)29-17(4)27(32)37-18(5)23(16(2)3)20-13-11-12-14-22(20)34-9/h10-14,16-18,23H,7,15H2,1-6,8-9H3,(H,29,31)/b21-10+,25-24+/t17-,18-,23+/m0/s1. The fourth-order valence-electron chi connectivity index (χ4n) is 3.79. The van der Waals surface area contributed by atoms with Gasteiger partial charge in [-0.1, -0.05) is 32.0 Å². The predicted octanol–water partition coefficient (Wildman–Crippen LogP) is 3.87. The Morgan fingerprint density at radius 2 is 1.73 bits per heavy atom. The number of nitrogens with one attached hydrogen (secondary N) is 1. The van der Waals surface area contributed by atoms with Crippen LogP contribution in [0.2, 0.25) is 0 Å². The van der Waals surface area contributed by atoms with Crippen molar-refractivity contribution in [3.63, 3.8) is 0 Å². The van der Waals surface area contributed by atoms with E-state index in [1.54, 1.807) is 21.0 Å². The first-order chi connectivity index (χ1) is 17.5. The molecule has 0 saturated heterocycles. The van der Waals surface area contributed by atoms with Crippen molar-refractivity contribution in [2.75, 3.05) is 21.0 Å². The molecule has 0 aromatic heterocycles. The molecule has 0 spiro atoms. The second-order valence-electron chi connectivity index (χ2n) is 8.44. The van der Waals surface area contributed by atoms with Gasteiger partial charge in [0.05, 0.1) is 14.2 Å². The second-order valence-corrected chi connectivity index (χ2v) is 8.44. The minimum atomic E-state index is -1.02. The topological polar surface area (TPSA) is 122 Å². The zero-order valence-corrected chi connectivity index (χ0v) is 22.8. The summed E-state index contributed by atoms with van der Waals surface area (Å²) in [7, 11) is 2.97. The second kappa shape index (κ2) is 15.3. The number of carbonyl (C=O) groups excluding carboxylic acids is 3. The lowest BCUT2D eigenvalue weighted by Crippen LogP contribution is -2.42. The third-order valence-corrected chi connectivity index (χ3v) is 5.48. The largest absolute Gasteiger partial charge is 0.496 e. The van der Waals surface area contributed by atoms with Gasteiger partial charge in [-0.25, -0.2) is 4.79 Å². The number of nitrogens with zero attached hydrogens (tertiary/aromatic N) is 1. The molecule has 1 amide bonds. The molecule has 10 heteroatoms. The van der Waals surface area contributed by atoms with E-state index >= 15 is 0 Å². The first-order valence-electron chi connectivity index (χ1n) is 11.8. The van der Waals surface area contributed by atoms with Gasteiger partial charge in [-0.05, 0) is 45.5 Å². The molecule has 0 fully saturated rings. The zero-order valence-electron chi connectivity index (χ0n) is 22.8. The molecule has 1 aromatic rings. The van der Waals surface area contributed by atoms with Gasteiger partial charge >= 0.3 is 11.9 Å². The van der Waals surface area contributed by atoms with Crippen molar-refractivity contribution in [3.8, 4) is 5.75 Å². The number of aliphatic imine (C=N–C) groups is 1. The first kappa shape index (κ1) is 31.2. The van der Waals surface area contributed by atoms with Crippen LogP contribution >= 0.6 is 0 Å². The van der Waals surface area contributed by atoms with Crippen LogP contribution in [-0.2, 0) is 33.3 Å². The molecule has 1 rings (SSSR count). The summed E-state index contributed by atoms with van der Waals surface area (Å²) in [5.41, 5.74) is 0.662. The molecule has 37 heavy (non-hydrogen) atoms. The highest BCUT2D eigenvalue weighted by atomic mass is 16.7. The van der Waals surface area contributed by atoms with Gasteiger partial charge in [-0.15, -0.1) is 0 Å². The van der Waals surface area contributed by atoms with E-state index in [-0.39, 0.29) is 29.1 Å². The van der Waals surface area contributed by atoms with Gasteiger partial charge in [0.25, 0.3) is 5.91 Å². The van der Waals surface area contributed by atoms with Crippen LogP contribution < -0.4 is 10.1 Å². The van der Waals surface area contributed by atoms with Gasteiger partial charge in [0, 0.05) is 18.4 Å². The smallest absolute Gasteiger partial charge is 0.328 e. The Morgan fingerprint density at radius 1 is 1.08 bits per heavy atom. The number of allylic oxidation sites excluding steroid dienone is 1. The summed E-state index contributed by atoms with van der Waals surface area (Å²) in [6, 6.07) is 6.56. The third-order valence-electron chi connectivity index (χ3n) is 5.48. The lowest BCUT2D eigenvalue weighted by atomic mass is 9.84. The molecule has 0 radical (unpaired) electrons. The molecule has 0 aliphatic heterocycles. The number of benzene rings is 1. The molecule has 1 N–H and O–H groups in total. The molecule has 204 valence electrons. The van der Waals surface area contributed by atoms with Gasteiger partial charge < -0.3 is 29.0 Å². The first-order valence-corrected chi connectivity index (χ1v) is 11.8. The van der Waals surface area contributed by atoms with Crippen molar-refractivity contribution < 1.29 is 38.1 Å². The van der Waals surface area contributed by atoms with E-state index in [0.29, 0.717) is 5.75 Å². The van der Waals surface area contributed by atoms with Crippen LogP contribution in [0.3, 0.4) is 0 Å². The predicted molar refractivity (Wildman–Crippen MR) is 139 cm³/mol. The van der Waals surface area contributed by atoms with Crippen molar-refractivity contribution in [1.82, 2.24) is 5.32 Å². The highest BCUT2D eigenvalue weighted by Gasteiger charge is 2.31. The van der Waals surface area contributed by atoms with E-state index < -0.39 is 36.8 Å². The molecule has 0 aliphatic carbocycles. The van der Waals surface area contributed by atoms with Gasteiger partial charge in [0.15, 0.2) is 17.2 Å². The maximum absolute atomic E-state index is 13.0. The normalized spacial score (nSPS) is 14.5. The Morgan fingerprint density at radius 3 is 2.24 bits per heavy atom. The summed E-state index contributed by atoms with van der Waals surface area (Å²) >= 11 is 0. The summed E-state index contributed by atoms with van der Waals surface area (Å²) in [5, 5.41) is 2.55. The van der Waals surface area contributed by atoms with Crippen molar-refractivity contribution in [2.45, 2.75) is 59.6 Å². The van der Waals surface area contributed by atoms with E-state index in [2.05, 4.69) is 17.0 Å². The fraction of sp³-hybridized carbons (Fsp3) is 0.481. The van der Waals surface area contributed by atoms with Crippen molar-refractivity contribution in [3.05, 3.63) is 53.1 Å². The molecule has 3 atom stereocenters. The molecule has 10 nitrogen and oxygen atoms in total. The van der Waals surface area contributed by atoms with Crippen LogP contribution in [0.15, 0.2) is 52.5 Å². The average molecular weight is 519 g/mol. The Bertz CT molecular complexity index is 1020. The molecule has 0 heterocycles. The van der Waals surface area contributed by atoms with E-state index in [1.807, 2.05) is 38.1 Å². The SMILES string of the molecule is C=N/C(C(=O)N[C@@H](C)C(=O)O[C@@H](C)[C@H](c1ccccc1OC)C(C)C)=C(OCOC(C)=O)\C(=C/C)OC. The van der Waals surface area contributed by atoms with Gasteiger partial charge in [-0.2, -0.15) is 0 Å². The summed E-state index contributed by atoms with van der Waals surface area (Å²) in [6.45, 7) is 13.2. The summed E-state index contributed by atoms with van der Waals surface area (Å²) in [5.74, 6) is -1.22. The highest BCUT2D eigenvalue weighted by Crippen LogP contribution is 2.35. The Hall–Kier alpha value is -3.82. The maximum Gasteiger partial charge on any atom is 0.328 e. The third kappa shape index (κ3) is 8.96. The molecule has 1 aromatic carbocycles. The molecular weight excluding hydrogens is 480 g/mol. The number of carbonyl (C=O) groups is 3. The van der Waals surface area contributed by atoms with Crippen molar-refractivity contribution in [1.29, 1.82) is 0 Å². The molecule has 0 bridgehead atoms. The number of amides is 1. The van der Waals surface area contributed by atoms with E-state index in [1.165, 1.54) is 27.0 Å². The zero-order chi connectivity index (χ0) is 28.1. The number of hydrogen-bond acceptors (Lipinski definition) is 9. The van der Waals surface area contributed by atoms with Crippen LogP contribution in [0.5, 0.6) is 5.75 Å². The van der Waals surface area contributed by atoms with Crippen LogP contribution in [0.1, 0.15) is 53.0 Å². The lowest BCUT2D eigenvalue weighted by molar-refractivity contribution is -0.153. The monoisotopic (exact) mass is 518 g/mol. The summed E-state index contributed by atoms with van der Waals surface area (Å²) in [4.78, 5) is 40.8. The number of ether oxygens (including phenoxy) is 5. The lowest BCUT2D eigenvalue weighted by Gasteiger charge is -2.29. The van der Waals surface area contributed by atoms with Gasteiger partial charge in [0.1, 0.15) is 17.9 Å². The summed E-state index contributed by atoms with van der Waals surface area (Å²) < 4.78 is 26.7. The minimum absolute atomic E-state index is 0.108. The number of hydrogen-bond donors (Lipinski definition) is 1. The van der Waals surface area contributed by atoms with E-state index in [4.69, 9.17) is 23.7 Å². The molecule has 0 saturated carbocycles. The van der Waals surface area contributed by atoms with Crippen LogP contribution in [-0.4, -0.2) is 57.7 Å². The molecular formula is C27H38N2O8. The summed E-state index contributed by atoms with van der Waals surface area (Å²) in [6.07, 6.45) is 1.02. The van der Waals surface area contributed by atoms with E-state index in [0.717, 1.165) is 5.56 Å². The average Bonchev–Trinajstić information content (AvgIpc) is 2.84. The number of rotatable bonds is 14. The van der Waals surface area contributed by atoms with Gasteiger partial charge in [-0.3, -0.25) is 14.6 Å². The minimum Gasteiger partial charge on any atom is -0.496 e.